The minimum absolute atomic E-state index is 0.186. The quantitative estimate of drug-likeness (QED) is 0.292. The Hall–Kier alpha value is -1.84. The number of aliphatic carboxylic acids is 1. The molecule has 0 unspecified atom stereocenters. The molecule has 0 aliphatic carbocycles. The molecular formula is C19H15Cl2IN2O4. The van der Waals surface area contributed by atoms with E-state index in [1.54, 1.807) is 10.6 Å². The van der Waals surface area contributed by atoms with Gasteiger partial charge in [0, 0.05) is 22.5 Å². The molecule has 146 valence electrons. The van der Waals surface area contributed by atoms with Gasteiger partial charge in [-0.25, -0.2) is 9.78 Å². The van der Waals surface area contributed by atoms with E-state index in [0.717, 1.165) is 14.7 Å². The Morgan fingerprint density at radius 3 is 2.64 bits per heavy atom. The SMILES string of the molecule is COC(=O)c1ccc(Cl)c(Cc2cc3c(C)cc(I)nc3n2CC(=O)O)c1Cl. The number of hydrogen-bond acceptors (Lipinski definition) is 4. The Morgan fingerprint density at radius 1 is 1.29 bits per heavy atom. The lowest BCUT2D eigenvalue weighted by molar-refractivity contribution is -0.137. The Kier molecular flexibility index (Phi) is 6.16. The average Bonchev–Trinajstić information content (AvgIpc) is 2.95. The van der Waals surface area contributed by atoms with Crippen molar-refractivity contribution >= 4 is 68.8 Å². The summed E-state index contributed by atoms with van der Waals surface area (Å²) in [6, 6.07) is 6.89. The number of aromatic nitrogens is 2. The number of carboxylic acids is 1. The molecule has 0 radical (unpaired) electrons. The zero-order valence-electron chi connectivity index (χ0n) is 14.9. The lowest BCUT2D eigenvalue weighted by atomic mass is 10.1. The van der Waals surface area contributed by atoms with Crippen LogP contribution in [0.2, 0.25) is 10.0 Å². The van der Waals surface area contributed by atoms with E-state index < -0.39 is 11.9 Å². The molecule has 2 heterocycles. The third kappa shape index (κ3) is 3.97. The summed E-state index contributed by atoms with van der Waals surface area (Å²) in [5.74, 6) is -1.56. The van der Waals surface area contributed by atoms with Crippen molar-refractivity contribution in [3.63, 3.8) is 0 Å². The lowest BCUT2D eigenvalue weighted by Crippen LogP contribution is -2.13. The molecule has 0 saturated carbocycles. The highest BCUT2D eigenvalue weighted by molar-refractivity contribution is 14.1. The van der Waals surface area contributed by atoms with Crippen LogP contribution < -0.4 is 0 Å². The molecule has 0 spiro atoms. The maximum Gasteiger partial charge on any atom is 0.339 e. The Balaban J connectivity index is 2.19. The topological polar surface area (TPSA) is 81.4 Å². The summed E-state index contributed by atoms with van der Waals surface area (Å²) in [6.45, 7) is 1.69. The van der Waals surface area contributed by atoms with Gasteiger partial charge in [0.25, 0.3) is 0 Å². The first-order valence-corrected chi connectivity index (χ1v) is 9.98. The van der Waals surface area contributed by atoms with Gasteiger partial charge in [-0.2, -0.15) is 0 Å². The van der Waals surface area contributed by atoms with Gasteiger partial charge >= 0.3 is 11.9 Å². The number of ether oxygens (including phenoxy) is 1. The van der Waals surface area contributed by atoms with Crippen LogP contribution in [-0.2, 0) is 22.5 Å². The molecule has 9 heteroatoms. The van der Waals surface area contributed by atoms with Crippen LogP contribution in [0, 0.1) is 10.6 Å². The van der Waals surface area contributed by atoms with Gasteiger partial charge in [0.1, 0.15) is 15.9 Å². The number of halogens is 3. The maximum absolute atomic E-state index is 11.9. The number of methoxy groups -OCH3 is 1. The minimum Gasteiger partial charge on any atom is -0.480 e. The van der Waals surface area contributed by atoms with Crippen LogP contribution in [0.1, 0.15) is 27.2 Å². The molecule has 0 aliphatic heterocycles. The summed E-state index contributed by atoms with van der Waals surface area (Å²) in [5, 5.41) is 10.8. The highest BCUT2D eigenvalue weighted by Gasteiger charge is 2.21. The van der Waals surface area contributed by atoms with Gasteiger partial charge in [-0.1, -0.05) is 23.2 Å². The van der Waals surface area contributed by atoms with Crippen LogP contribution >= 0.6 is 45.8 Å². The third-order valence-corrected chi connectivity index (χ3v) is 5.71. The second-order valence-electron chi connectivity index (χ2n) is 6.17. The van der Waals surface area contributed by atoms with Gasteiger partial charge in [0.2, 0.25) is 0 Å². The summed E-state index contributed by atoms with van der Waals surface area (Å²) in [7, 11) is 1.27. The number of nitrogens with zero attached hydrogens (tertiary/aromatic N) is 2. The zero-order valence-corrected chi connectivity index (χ0v) is 18.6. The number of fused-ring (bicyclic) bond motifs is 1. The van der Waals surface area contributed by atoms with Crippen LogP contribution in [0.15, 0.2) is 24.3 Å². The van der Waals surface area contributed by atoms with Crippen molar-refractivity contribution < 1.29 is 19.4 Å². The Morgan fingerprint density at radius 2 is 2.00 bits per heavy atom. The first kappa shape index (κ1) is 20.9. The number of esters is 1. The van der Waals surface area contributed by atoms with Crippen molar-refractivity contribution in [3.05, 3.63) is 60.4 Å². The molecule has 28 heavy (non-hydrogen) atoms. The third-order valence-electron chi connectivity index (χ3n) is 4.37. The van der Waals surface area contributed by atoms with E-state index in [4.69, 9.17) is 27.9 Å². The standard InChI is InChI=1S/C19H15Cl2IN2O4/c1-9-5-15(22)23-18-12(9)6-10(24(18)8-16(25)26)7-13-14(20)4-3-11(17(13)21)19(27)28-2/h3-6H,7-8H2,1-2H3,(H,25,26). The van der Waals surface area contributed by atoms with Gasteiger partial charge in [-0.15, -0.1) is 0 Å². The van der Waals surface area contributed by atoms with Crippen molar-refractivity contribution in [2.45, 2.75) is 19.9 Å². The number of rotatable bonds is 5. The largest absolute Gasteiger partial charge is 0.480 e. The highest BCUT2D eigenvalue weighted by atomic mass is 127. The molecule has 1 N–H and O–H groups in total. The van der Waals surface area contributed by atoms with E-state index in [9.17, 15) is 14.7 Å². The average molecular weight is 533 g/mol. The minimum atomic E-state index is -0.988. The monoisotopic (exact) mass is 532 g/mol. The highest BCUT2D eigenvalue weighted by Crippen LogP contribution is 2.33. The van der Waals surface area contributed by atoms with Crippen LogP contribution in [0.5, 0.6) is 0 Å². The summed E-state index contributed by atoms with van der Waals surface area (Å²) in [4.78, 5) is 27.9. The molecule has 1 aromatic carbocycles. The van der Waals surface area contributed by atoms with Gasteiger partial charge in [0.15, 0.2) is 0 Å². The molecule has 0 aliphatic rings. The van der Waals surface area contributed by atoms with E-state index in [2.05, 4.69) is 27.6 Å². The number of hydrogen-bond donors (Lipinski definition) is 1. The fourth-order valence-electron chi connectivity index (χ4n) is 3.06. The van der Waals surface area contributed by atoms with E-state index in [-0.39, 0.29) is 23.6 Å². The van der Waals surface area contributed by atoms with Crippen molar-refractivity contribution in [2.24, 2.45) is 0 Å². The lowest BCUT2D eigenvalue weighted by Gasteiger charge is -2.12. The van der Waals surface area contributed by atoms with Crippen LogP contribution in [0.3, 0.4) is 0 Å². The fourth-order valence-corrected chi connectivity index (χ4v) is 4.33. The molecule has 3 rings (SSSR count). The summed E-state index contributed by atoms with van der Waals surface area (Å²) in [5.41, 5.74) is 2.97. The molecule has 0 saturated heterocycles. The maximum atomic E-state index is 11.9. The van der Waals surface area contributed by atoms with E-state index in [1.807, 2.05) is 19.1 Å². The molecular weight excluding hydrogens is 518 g/mol. The molecule has 2 aromatic heterocycles. The predicted molar refractivity (Wildman–Crippen MR) is 115 cm³/mol. The Labute approximate surface area is 184 Å². The zero-order chi connectivity index (χ0) is 20.6. The normalized spacial score (nSPS) is 11.0. The van der Waals surface area contributed by atoms with Crippen molar-refractivity contribution in [1.29, 1.82) is 0 Å². The first-order valence-electron chi connectivity index (χ1n) is 8.15. The molecule has 3 aromatic rings. The van der Waals surface area contributed by atoms with Gasteiger partial charge in [-0.3, -0.25) is 4.79 Å². The molecule has 0 amide bonds. The fraction of sp³-hybridized carbons (Fsp3) is 0.211. The number of carbonyl (C=O) groups excluding carboxylic acids is 1. The van der Waals surface area contributed by atoms with Crippen molar-refractivity contribution in [2.75, 3.05) is 7.11 Å². The number of aryl methyl sites for hydroxylation is 1. The summed E-state index contributed by atoms with van der Waals surface area (Å²) >= 11 is 14.9. The van der Waals surface area contributed by atoms with Crippen LogP contribution in [0.4, 0.5) is 0 Å². The summed E-state index contributed by atoms with van der Waals surface area (Å²) in [6.07, 6.45) is 0.238. The molecule has 0 fully saturated rings. The van der Waals surface area contributed by atoms with E-state index in [1.165, 1.54) is 13.2 Å². The second kappa shape index (κ2) is 8.26. The number of carboxylic acid groups (broad SMARTS) is 1. The number of pyridine rings is 1. The molecule has 0 bridgehead atoms. The van der Waals surface area contributed by atoms with Crippen molar-refractivity contribution in [3.8, 4) is 0 Å². The van der Waals surface area contributed by atoms with Crippen molar-refractivity contribution in [1.82, 2.24) is 9.55 Å². The Bertz CT molecular complexity index is 1110. The smallest absolute Gasteiger partial charge is 0.339 e. The van der Waals surface area contributed by atoms with Gasteiger partial charge in [-0.05, 0) is 64.9 Å². The molecule has 0 atom stereocenters. The van der Waals surface area contributed by atoms with Crippen LogP contribution in [0.25, 0.3) is 11.0 Å². The van der Waals surface area contributed by atoms with Crippen LogP contribution in [-0.4, -0.2) is 33.7 Å². The predicted octanol–water partition coefficient (Wildman–Crippen LogP) is 4.72. The number of benzene rings is 1. The molecule has 6 nitrogen and oxygen atoms in total. The number of carbonyl (C=O) groups is 2. The second-order valence-corrected chi connectivity index (χ2v) is 8.06. The summed E-state index contributed by atoms with van der Waals surface area (Å²) < 4.78 is 7.15. The van der Waals surface area contributed by atoms with E-state index in [0.29, 0.717) is 21.9 Å². The van der Waals surface area contributed by atoms with Gasteiger partial charge < -0.3 is 14.4 Å². The van der Waals surface area contributed by atoms with E-state index >= 15 is 0 Å². The first-order chi connectivity index (χ1) is 13.2. The van der Waals surface area contributed by atoms with Gasteiger partial charge in [0.05, 0.1) is 17.7 Å².